The van der Waals surface area contributed by atoms with Crippen LogP contribution >= 0.6 is 0 Å². The van der Waals surface area contributed by atoms with Gasteiger partial charge in [0.15, 0.2) is 6.33 Å². The molecule has 0 amide bonds. The highest BCUT2D eigenvalue weighted by molar-refractivity contribution is 5.77. The zero-order chi connectivity index (χ0) is 12.4. The molecule has 0 fully saturated rings. The van der Waals surface area contributed by atoms with E-state index in [4.69, 9.17) is 0 Å². The molecule has 0 aliphatic carbocycles. The number of aromatic amines is 1. The van der Waals surface area contributed by atoms with Gasteiger partial charge in [0.05, 0.1) is 11.4 Å². The third-order valence-electron chi connectivity index (χ3n) is 2.65. The second kappa shape index (κ2) is 4.41. The fourth-order valence-electron chi connectivity index (χ4n) is 1.79. The Morgan fingerprint density at radius 2 is 1.89 bits per heavy atom. The predicted octanol–water partition coefficient (Wildman–Crippen LogP) is 3.08. The summed E-state index contributed by atoms with van der Waals surface area (Å²) in [7, 11) is 0. The summed E-state index contributed by atoms with van der Waals surface area (Å²) in [5, 5.41) is 0. The maximum atomic E-state index is 12.9. The van der Waals surface area contributed by atoms with Crippen molar-refractivity contribution in [3.8, 4) is 22.5 Å². The molecule has 87 valence electrons. The van der Waals surface area contributed by atoms with E-state index in [1.165, 1.54) is 12.1 Å². The maximum Gasteiger partial charge on any atom is 0.174 e. The van der Waals surface area contributed by atoms with Crippen LogP contribution in [0.2, 0.25) is 0 Å². The Labute approximate surface area is 103 Å². The van der Waals surface area contributed by atoms with Gasteiger partial charge in [-0.15, -0.1) is 0 Å². The molecule has 0 saturated carbocycles. The molecule has 3 aromatic rings. The number of nitrogens with zero attached hydrogens (tertiary/aromatic N) is 2. The van der Waals surface area contributed by atoms with Crippen molar-refractivity contribution in [2.24, 2.45) is 0 Å². The number of rotatable bonds is 2. The molecule has 0 saturated heterocycles. The fourth-order valence-corrected chi connectivity index (χ4v) is 1.79. The van der Waals surface area contributed by atoms with E-state index in [1.807, 2.05) is 12.1 Å². The Morgan fingerprint density at radius 3 is 2.61 bits per heavy atom. The van der Waals surface area contributed by atoms with E-state index < -0.39 is 0 Å². The minimum absolute atomic E-state index is 0.263. The highest BCUT2D eigenvalue weighted by Gasteiger charge is 2.10. The predicted molar refractivity (Wildman–Crippen MR) is 66.0 cm³/mol. The first kappa shape index (κ1) is 10.7. The lowest BCUT2D eigenvalue weighted by Crippen LogP contribution is -1.85. The highest BCUT2D eigenvalue weighted by atomic mass is 19.1. The molecule has 2 heterocycles. The molecule has 18 heavy (non-hydrogen) atoms. The summed E-state index contributed by atoms with van der Waals surface area (Å²) in [5.74, 6) is -0.263. The van der Waals surface area contributed by atoms with E-state index in [0.717, 1.165) is 22.5 Å². The van der Waals surface area contributed by atoms with Crippen LogP contribution in [-0.4, -0.2) is 15.0 Å². The molecule has 1 aromatic carbocycles. The molecule has 2 aromatic heterocycles. The summed E-state index contributed by atoms with van der Waals surface area (Å²) in [6.45, 7) is 0. The van der Waals surface area contributed by atoms with Crippen molar-refractivity contribution in [1.29, 1.82) is 0 Å². The van der Waals surface area contributed by atoms with Gasteiger partial charge < -0.3 is 4.98 Å². The number of halogens is 1. The van der Waals surface area contributed by atoms with Gasteiger partial charge in [0.2, 0.25) is 0 Å². The third-order valence-corrected chi connectivity index (χ3v) is 2.65. The quantitative estimate of drug-likeness (QED) is 0.745. The second-order valence-electron chi connectivity index (χ2n) is 3.82. The molecule has 0 aliphatic rings. The first-order valence-corrected chi connectivity index (χ1v) is 5.47. The Bertz CT molecular complexity index is 644. The van der Waals surface area contributed by atoms with Crippen molar-refractivity contribution >= 4 is 0 Å². The summed E-state index contributed by atoms with van der Waals surface area (Å²) >= 11 is 0. The zero-order valence-electron chi connectivity index (χ0n) is 9.39. The Hall–Kier alpha value is -2.49. The summed E-state index contributed by atoms with van der Waals surface area (Å²) in [4.78, 5) is 11.2. The van der Waals surface area contributed by atoms with Crippen molar-refractivity contribution in [3.63, 3.8) is 0 Å². The molecule has 0 spiro atoms. The monoisotopic (exact) mass is 238 g/mol. The number of pyridine rings is 1. The molecule has 3 rings (SSSR count). The third kappa shape index (κ3) is 1.88. The number of benzene rings is 1. The number of H-pyrrole nitrogens is 1. The average Bonchev–Trinajstić information content (AvgIpc) is 2.90. The summed E-state index contributed by atoms with van der Waals surface area (Å²) < 4.78 is 12.9. The average molecular weight is 238 g/mol. The van der Waals surface area contributed by atoms with Crippen LogP contribution < -0.4 is 0 Å². The summed E-state index contributed by atoms with van der Waals surface area (Å²) in [6.07, 6.45) is 6.17. The van der Waals surface area contributed by atoms with Crippen LogP contribution in [0.25, 0.3) is 22.5 Å². The number of nitrogens with one attached hydrogen (secondary N) is 1. The largest absolute Gasteiger partial charge is 0.335 e. The lowest BCUT2D eigenvalue weighted by atomic mass is 10.1. The van der Waals surface area contributed by atoms with E-state index >= 15 is 0 Å². The smallest absolute Gasteiger partial charge is 0.174 e. The molecule has 3 nitrogen and oxygen atoms in total. The van der Waals surface area contributed by atoms with Gasteiger partial charge >= 0.3 is 0 Å². The Balaban J connectivity index is 2.10. The van der Waals surface area contributed by atoms with Crippen LogP contribution in [0, 0.1) is 12.1 Å². The molecule has 0 atom stereocenters. The van der Waals surface area contributed by atoms with Gasteiger partial charge in [-0.25, -0.2) is 9.37 Å². The van der Waals surface area contributed by atoms with Crippen LogP contribution in [0.15, 0.2) is 48.8 Å². The SMILES string of the molecule is Fc1ccc(-c2n[c][nH]c2-c2cccnc2)cc1. The molecule has 0 bridgehead atoms. The summed E-state index contributed by atoms with van der Waals surface area (Å²) in [5.41, 5.74) is 3.33. The van der Waals surface area contributed by atoms with Gasteiger partial charge in [0, 0.05) is 23.5 Å². The molecule has 0 unspecified atom stereocenters. The zero-order valence-corrected chi connectivity index (χ0v) is 9.39. The van der Waals surface area contributed by atoms with Crippen LogP contribution in [-0.2, 0) is 0 Å². The van der Waals surface area contributed by atoms with E-state index in [9.17, 15) is 4.39 Å². The van der Waals surface area contributed by atoms with Crippen LogP contribution in [0.5, 0.6) is 0 Å². The van der Waals surface area contributed by atoms with Crippen LogP contribution in [0.4, 0.5) is 4.39 Å². The van der Waals surface area contributed by atoms with Gasteiger partial charge in [-0.1, -0.05) is 0 Å². The standard InChI is InChI=1S/C14H9FN3/c15-12-5-3-10(4-6-12)13-14(18-9-17-13)11-2-1-7-16-8-11/h1-8H,(H,17,18). The van der Waals surface area contributed by atoms with Crippen LogP contribution in [0.3, 0.4) is 0 Å². The minimum Gasteiger partial charge on any atom is -0.335 e. The highest BCUT2D eigenvalue weighted by Crippen LogP contribution is 2.28. The molecular weight excluding hydrogens is 229 g/mol. The van der Waals surface area contributed by atoms with Gasteiger partial charge in [0.1, 0.15) is 5.82 Å². The van der Waals surface area contributed by atoms with Crippen molar-refractivity contribution < 1.29 is 4.39 Å². The van der Waals surface area contributed by atoms with E-state index in [-0.39, 0.29) is 5.82 Å². The molecule has 0 aliphatic heterocycles. The van der Waals surface area contributed by atoms with E-state index in [2.05, 4.69) is 21.3 Å². The molecular formula is C14H9FN3. The Kier molecular flexibility index (Phi) is 2.61. The number of hydrogen-bond donors (Lipinski definition) is 1. The second-order valence-corrected chi connectivity index (χ2v) is 3.82. The lowest BCUT2D eigenvalue weighted by Gasteiger charge is -2.02. The molecule has 4 heteroatoms. The first-order valence-electron chi connectivity index (χ1n) is 5.47. The van der Waals surface area contributed by atoms with Gasteiger partial charge in [-0.05, 0) is 36.4 Å². The Morgan fingerprint density at radius 1 is 1.06 bits per heavy atom. The van der Waals surface area contributed by atoms with E-state index in [1.54, 1.807) is 24.5 Å². The van der Waals surface area contributed by atoms with Gasteiger partial charge in [-0.3, -0.25) is 4.98 Å². The first-order chi connectivity index (χ1) is 8.84. The van der Waals surface area contributed by atoms with Gasteiger partial charge in [0.25, 0.3) is 0 Å². The number of imidazole rings is 1. The fraction of sp³-hybridized carbons (Fsp3) is 0. The van der Waals surface area contributed by atoms with E-state index in [0.29, 0.717) is 0 Å². The molecule has 1 radical (unpaired) electrons. The lowest BCUT2D eigenvalue weighted by molar-refractivity contribution is 0.628. The summed E-state index contributed by atoms with van der Waals surface area (Å²) in [6, 6.07) is 10.00. The minimum atomic E-state index is -0.263. The van der Waals surface area contributed by atoms with Gasteiger partial charge in [-0.2, -0.15) is 0 Å². The van der Waals surface area contributed by atoms with Crippen molar-refractivity contribution in [2.45, 2.75) is 0 Å². The van der Waals surface area contributed by atoms with Crippen LogP contribution in [0.1, 0.15) is 0 Å². The topological polar surface area (TPSA) is 41.6 Å². The maximum absolute atomic E-state index is 12.9. The number of aromatic nitrogens is 3. The normalized spacial score (nSPS) is 10.5. The van der Waals surface area contributed by atoms with Crippen molar-refractivity contribution in [2.75, 3.05) is 0 Å². The van der Waals surface area contributed by atoms with Crippen molar-refractivity contribution in [1.82, 2.24) is 15.0 Å². The number of hydrogen-bond acceptors (Lipinski definition) is 2. The van der Waals surface area contributed by atoms with Crippen molar-refractivity contribution in [3.05, 3.63) is 60.9 Å². The molecule has 1 N–H and O–H groups in total.